The highest BCUT2D eigenvalue weighted by atomic mass is 16.6. The second kappa shape index (κ2) is 5.68. The molecule has 1 fully saturated rings. The van der Waals surface area contributed by atoms with Crippen LogP contribution >= 0.6 is 0 Å². The van der Waals surface area contributed by atoms with Crippen molar-refractivity contribution in [3.63, 3.8) is 0 Å². The van der Waals surface area contributed by atoms with Gasteiger partial charge in [-0.15, -0.1) is 10.2 Å². The molecule has 8 nitrogen and oxygen atoms in total. The van der Waals surface area contributed by atoms with Crippen LogP contribution in [0.15, 0.2) is 4.42 Å². The molecule has 19 heavy (non-hydrogen) atoms. The smallest absolute Gasteiger partial charge is 0.409 e. The Balaban J connectivity index is 1.89. The molecule has 2 heterocycles. The molecule has 0 unspecified atom stereocenters. The second-order valence-corrected chi connectivity index (χ2v) is 4.10. The molecule has 104 valence electrons. The summed E-state index contributed by atoms with van der Waals surface area (Å²) >= 11 is 0. The zero-order chi connectivity index (χ0) is 13.8. The van der Waals surface area contributed by atoms with Crippen LogP contribution in [0.3, 0.4) is 0 Å². The molecule has 0 spiro atoms. The van der Waals surface area contributed by atoms with Gasteiger partial charge in [-0.3, -0.25) is 4.79 Å². The molecule has 0 aliphatic carbocycles. The molecular weight excluding hydrogens is 252 g/mol. The lowest BCUT2D eigenvalue weighted by molar-refractivity contribution is 0.0539. The van der Waals surface area contributed by atoms with Gasteiger partial charge in [-0.1, -0.05) is 0 Å². The molecule has 0 radical (unpaired) electrons. The van der Waals surface area contributed by atoms with Crippen LogP contribution in [-0.4, -0.2) is 64.8 Å². The number of piperazine rings is 1. The maximum atomic E-state index is 12.0. The number of hydrogen-bond donors (Lipinski definition) is 0. The maximum absolute atomic E-state index is 12.0. The average Bonchev–Trinajstić information content (AvgIpc) is 2.85. The minimum Gasteiger partial charge on any atom is -0.450 e. The summed E-state index contributed by atoms with van der Waals surface area (Å²) in [5, 5.41) is 7.31. The molecule has 8 heteroatoms. The number of ether oxygens (including phenoxy) is 1. The van der Waals surface area contributed by atoms with E-state index >= 15 is 0 Å². The van der Waals surface area contributed by atoms with E-state index in [-0.39, 0.29) is 17.9 Å². The van der Waals surface area contributed by atoms with E-state index in [9.17, 15) is 9.59 Å². The second-order valence-electron chi connectivity index (χ2n) is 4.10. The van der Waals surface area contributed by atoms with Crippen molar-refractivity contribution >= 4 is 12.0 Å². The quantitative estimate of drug-likeness (QED) is 0.766. The Bertz CT molecular complexity index is 465. The fraction of sp³-hybridized carbons (Fsp3) is 0.636. The summed E-state index contributed by atoms with van der Waals surface area (Å²) in [6.45, 7) is 5.48. The summed E-state index contributed by atoms with van der Waals surface area (Å²) in [6.07, 6.45) is -0.344. The molecule has 1 aromatic heterocycles. The highest BCUT2D eigenvalue weighted by Gasteiger charge is 2.27. The van der Waals surface area contributed by atoms with Gasteiger partial charge in [0.2, 0.25) is 5.89 Å². The fourth-order valence-corrected chi connectivity index (χ4v) is 1.83. The molecule has 0 bridgehead atoms. The summed E-state index contributed by atoms with van der Waals surface area (Å²) in [4.78, 5) is 26.7. The SMILES string of the molecule is CCOC(=O)N1CCN(C(=O)c2nnc(C)o2)CC1. The van der Waals surface area contributed by atoms with Crippen LogP contribution in [0.25, 0.3) is 0 Å². The first kappa shape index (κ1) is 13.3. The molecule has 1 aliphatic heterocycles. The lowest BCUT2D eigenvalue weighted by Crippen LogP contribution is -2.50. The van der Waals surface area contributed by atoms with Crippen LogP contribution < -0.4 is 0 Å². The van der Waals surface area contributed by atoms with Crippen molar-refractivity contribution in [3.8, 4) is 0 Å². The van der Waals surface area contributed by atoms with Gasteiger partial charge >= 0.3 is 17.9 Å². The number of aryl methyl sites for hydroxylation is 1. The van der Waals surface area contributed by atoms with E-state index in [1.807, 2.05) is 0 Å². The third kappa shape index (κ3) is 3.01. The third-order valence-corrected chi connectivity index (χ3v) is 2.80. The summed E-state index contributed by atoms with van der Waals surface area (Å²) < 4.78 is 10.0. The van der Waals surface area contributed by atoms with Crippen LogP contribution in [-0.2, 0) is 4.74 Å². The first-order chi connectivity index (χ1) is 9.11. The molecule has 1 aliphatic rings. The highest BCUT2D eigenvalue weighted by Crippen LogP contribution is 2.08. The van der Waals surface area contributed by atoms with E-state index in [4.69, 9.17) is 9.15 Å². The molecule has 0 atom stereocenters. The van der Waals surface area contributed by atoms with Crippen LogP contribution in [0, 0.1) is 6.92 Å². The lowest BCUT2D eigenvalue weighted by atomic mass is 10.3. The predicted octanol–water partition coefficient (Wildman–Crippen LogP) is 0.292. The standard InChI is InChI=1S/C11H16N4O4/c1-3-18-11(17)15-6-4-14(5-7-15)10(16)9-13-12-8(2)19-9/h3-7H2,1-2H3. The Labute approximate surface area is 110 Å². The van der Waals surface area contributed by atoms with Crippen LogP contribution in [0.4, 0.5) is 4.79 Å². The van der Waals surface area contributed by atoms with Crippen molar-refractivity contribution in [1.82, 2.24) is 20.0 Å². The van der Waals surface area contributed by atoms with E-state index in [0.29, 0.717) is 38.7 Å². The highest BCUT2D eigenvalue weighted by molar-refractivity contribution is 5.89. The van der Waals surface area contributed by atoms with E-state index in [1.54, 1.807) is 23.6 Å². The predicted molar refractivity (Wildman–Crippen MR) is 63.5 cm³/mol. The largest absolute Gasteiger partial charge is 0.450 e. The summed E-state index contributed by atoms with van der Waals surface area (Å²) in [5.74, 6) is 0.0414. The van der Waals surface area contributed by atoms with Gasteiger partial charge in [0.15, 0.2) is 0 Å². The Kier molecular flexibility index (Phi) is 3.98. The van der Waals surface area contributed by atoms with E-state index < -0.39 is 0 Å². The minimum absolute atomic E-state index is 0.0120. The Morgan fingerprint density at radius 2 is 1.84 bits per heavy atom. The van der Waals surface area contributed by atoms with E-state index in [0.717, 1.165) is 0 Å². The topological polar surface area (TPSA) is 88.8 Å². The number of hydrogen-bond acceptors (Lipinski definition) is 6. The van der Waals surface area contributed by atoms with Gasteiger partial charge in [0.25, 0.3) is 0 Å². The molecule has 1 saturated heterocycles. The number of amides is 2. The molecule has 1 aromatic rings. The van der Waals surface area contributed by atoms with Gasteiger partial charge in [-0.05, 0) is 6.92 Å². The zero-order valence-corrected chi connectivity index (χ0v) is 11.0. The summed E-state index contributed by atoms with van der Waals surface area (Å²) in [5.41, 5.74) is 0. The molecule has 0 aromatic carbocycles. The average molecular weight is 268 g/mol. The zero-order valence-electron chi connectivity index (χ0n) is 11.0. The minimum atomic E-state index is -0.344. The van der Waals surface area contributed by atoms with Crippen molar-refractivity contribution < 1.29 is 18.7 Å². The molecule has 0 saturated carbocycles. The van der Waals surface area contributed by atoms with Crippen molar-refractivity contribution in [1.29, 1.82) is 0 Å². The van der Waals surface area contributed by atoms with E-state index in [2.05, 4.69) is 10.2 Å². The monoisotopic (exact) mass is 268 g/mol. The molecular formula is C11H16N4O4. The number of carbonyl (C=O) groups excluding carboxylic acids is 2. The number of nitrogens with zero attached hydrogens (tertiary/aromatic N) is 4. The first-order valence-electron chi connectivity index (χ1n) is 6.13. The summed E-state index contributed by atoms with van der Waals surface area (Å²) in [7, 11) is 0. The lowest BCUT2D eigenvalue weighted by Gasteiger charge is -2.33. The fourth-order valence-electron chi connectivity index (χ4n) is 1.83. The number of rotatable bonds is 2. The molecule has 0 N–H and O–H groups in total. The number of carbonyl (C=O) groups is 2. The van der Waals surface area contributed by atoms with Crippen LogP contribution in [0.1, 0.15) is 23.5 Å². The van der Waals surface area contributed by atoms with Crippen LogP contribution in [0.5, 0.6) is 0 Å². The Morgan fingerprint density at radius 1 is 1.21 bits per heavy atom. The van der Waals surface area contributed by atoms with Gasteiger partial charge < -0.3 is 19.0 Å². The summed E-state index contributed by atoms with van der Waals surface area (Å²) in [6, 6.07) is 0. The molecule has 2 amide bonds. The van der Waals surface area contributed by atoms with Crippen molar-refractivity contribution in [2.45, 2.75) is 13.8 Å². The first-order valence-corrected chi connectivity index (χ1v) is 6.13. The maximum Gasteiger partial charge on any atom is 0.409 e. The van der Waals surface area contributed by atoms with Gasteiger partial charge in [0, 0.05) is 33.1 Å². The van der Waals surface area contributed by atoms with Gasteiger partial charge in [0.05, 0.1) is 6.61 Å². The van der Waals surface area contributed by atoms with Gasteiger partial charge in [0.1, 0.15) is 0 Å². The normalized spacial score (nSPS) is 15.5. The number of aromatic nitrogens is 2. The van der Waals surface area contributed by atoms with Crippen molar-refractivity contribution in [2.75, 3.05) is 32.8 Å². The van der Waals surface area contributed by atoms with Crippen molar-refractivity contribution in [2.24, 2.45) is 0 Å². The van der Waals surface area contributed by atoms with Crippen molar-refractivity contribution in [3.05, 3.63) is 11.8 Å². The van der Waals surface area contributed by atoms with Gasteiger partial charge in [-0.2, -0.15) is 0 Å². The molecule has 2 rings (SSSR count). The van der Waals surface area contributed by atoms with Crippen LogP contribution in [0.2, 0.25) is 0 Å². The Morgan fingerprint density at radius 3 is 2.37 bits per heavy atom. The van der Waals surface area contributed by atoms with E-state index in [1.165, 1.54) is 0 Å². The third-order valence-electron chi connectivity index (χ3n) is 2.80. The Hall–Kier alpha value is -2.12. The van der Waals surface area contributed by atoms with Gasteiger partial charge in [-0.25, -0.2) is 4.79 Å².